The largest absolute Gasteiger partial charge is 1.00 e. The van der Waals surface area contributed by atoms with Gasteiger partial charge in [0.05, 0.1) is 0 Å². The summed E-state index contributed by atoms with van der Waals surface area (Å²) in [6, 6.07) is 0. The zero-order valence-corrected chi connectivity index (χ0v) is 12.0. The average Bonchev–Trinajstić information content (AvgIpc) is 2.00. The van der Waals surface area contributed by atoms with Gasteiger partial charge in [-0.05, 0) is 6.42 Å². The summed E-state index contributed by atoms with van der Waals surface area (Å²) in [4.78, 5) is 10.7. The van der Waals surface area contributed by atoms with Crippen LogP contribution in [0.5, 0.6) is 0 Å². The molecule has 0 aliphatic heterocycles. The van der Waals surface area contributed by atoms with E-state index in [0.717, 1.165) is 25.7 Å². The molecular formula is C8H15NaO5S. The predicted molar refractivity (Wildman–Crippen MR) is 49.2 cm³/mol. The normalized spacial score (nSPS) is 10.5. The molecule has 0 N–H and O–H groups in total. The zero-order valence-electron chi connectivity index (χ0n) is 9.19. The Balaban J connectivity index is 0. The molecule has 0 fully saturated rings. The van der Waals surface area contributed by atoms with Crippen molar-refractivity contribution in [2.75, 3.05) is 0 Å². The van der Waals surface area contributed by atoms with Gasteiger partial charge in [0.15, 0.2) is 0 Å². The SMILES string of the molecule is CCCCCCCC(=O)OS(=O)(=O)[O-].[Na+]. The molecule has 15 heavy (non-hydrogen) atoms. The zero-order chi connectivity index (χ0) is 11.0. The molecule has 84 valence electrons. The van der Waals surface area contributed by atoms with E-state index in [2.05, 4.69) is 11.1 Å². The van der Waals surface area contributed by atoms with Crippen molar-refractivity contribution < 1.29 is 51.5 Å². The van der Waals surface area contributed by atoms with Gasteiger partial charge in [-0.25, -0.2) is 8.42 Å². The molecule has 0 atom stereocenters. The van der Waals surface area contributed by atoms with E-state index >= 15 is 0 Å². The second-order valence-corrected chi connectivity index (χ2v) is 4.01. The van der Waals surface area contributed by atoms with Crippen molar-refractivity contribution in [1.29, 1.82) is 0 Å². The fourth-order valence-electron chi connectivity index (χ4n) is 1.03. The Labute approximate surface area is 113 Å². The van der Waals surface area contributed by atoms with E-state index in [1.165, 1.54) is 0 Å². The molecule has 0 radical (unpaired) electrons. The van der Waals surface area contributed by atoms with Crippen LogP contribution in [0.15, 0.2) is 0 Å². The molecule has 5 nitrogen and oxygen atoms in total. The van der Waals surface area contributed by atoms with Gasteiger partial charge in [-0.2, -0.15) is 0 Å². The number of carbonyl (C=O) groups excluding carboxylic acids is 1. The molecule has 0 bridgehead atoms. The predicted octanol–water partition coefficient (Wildman–Crippen LogP) is -1.65. The van der Waals surface area contributed by atoms with Crippen LogP contribution in [0.3, 0.4) is 0 Å². The van der Waals surface area contributed by atoms with E-state index in [1.807, 2.05) is 0 Å². The van der Waals surface area contributed by atoms with Gasteiger partial charge >= 0.3 is 35.5 Å². The molecule has 0 aromatic heterocycles. The smallest absolute Gasteiger partial charge is 0.716 e. The fraction of sp³-hybridized carbons (Fsp3) is 0.875. The molecule has 0 saturated carbocycles. The molecule has 0 aliphatic rings. The van der Waals surface area contributed by atoms with Crippen LogP contribution in [-0.2, 0) is 19.4 Å². The van der Waals surface area contributed by atoms with Crippen molar-refractivity contribution in [1.82, 2.24) is 0 Å². The van der Waals surface area contributed by atoms with Gasteiger partial charge in [0.1, 0.15) is 0 Å². The maximum atomic E-state index is 10.7. The van der Waals surface area contributed by atoms with Gasteiger partial charge in [0.25, 0.3) is 10.4 Å². The first-order valence-electron chi connectivity index (χ1n) is 4.64. The minimum absolute atomic E-state index is 0. The summed E-state index contributed by atoms with van der Waals surface area (Å²) in [6.07, 6.45) is 4.60. The number of rotatable bonds is 7. The number of hydrogen-bond acceptors (Lipinski definition) is 5. The van der Waals surface area contributed by atoms with Crippen LogP contribution >= 0.6 is 0 Å². The molecule has 0 saturated heterocycles. The summed E-state index contributed by atoms with van der Waals surface area (Å²) in [5, 5.41) is 0. The van der Waals surface area contributed by atoms with Crippen LogP contribution < -0.4 is 29.6 Å². The van der Waals surface area contributed by atoms with Crippen molar-refractivity contribution in [3.05, 3.63) is 0 Å². The van der Waals surface area contributed by atoms with Crippen LogP contribution in [0, 0.1) is 0 Å². The summed E-state index contributed by atoms with van der Waals surface area (Å²) >= 11 is 0. The summed E-state index contributed by atoms with van der Waals surface area (Å²) in [5.74, 6) is -0.962. The molecule has 0 aromatic carbocycles. The standard InChI is InChI=1S/C8H16O5S.Na/c1-2-3-4-5-6-7-8(9)13-14(10,11)12;/h2-7H2,1H3,(H,10,11,12);/q;+1/p-1. The van der Waals surface area contributed by atoms with E-state index in [-0.39, 0.29) is 36.0 Å². The second-order valence-electron chi connectivity index (χ2n) is 3.03. The van der Waals surface area contributed by atoms with E-state index in [0.29, 0.717) is 6.42 Å². The molecule has 0 amide bonds. The first kappa shape index (κ1) is 17.8. The Morgan fingerprint density at radius 2 is 1.73 bits per heavy atom. The molecule has 0 unspecified atom stereocenters. The van der Waals surface area contributed by atoms with Crippen LogP contribution in [0.25, 0.3) is 0 Å². The van der Waals surface area contributed by atoms with Crippen LogP contribution in [0.1, 0.15) is 45.4 Å². The summed E-state index contributed by atoms with van der Waals surface area (Å²) in [6.45, 7) is 2.07. The minimum atomic E-state index is -4.87. The van der Waals surface area contributed by atoms with Crippen molar-refractivity contribution in [3.63, 3.8) is 0 Å². The first-order valence-corrected chi connectivity index (χ1v) is 5.97. The fourth-order valence-corrected chi connectivity index (χ4v) is 1.34. The van der Waals surface area contributed by atoms with Gasteiger partial charge in [-0.1, -0.05) is 32.6 Å². The number of hydrogen-bond donors (Lipinski definition) is 0. The molecule has 0 aromatic rings. The Kier molecular flexibility index (Phi) is 11.4. The van der Waals surface area contributed by atoms with Crippen LogP contribution in [-0.4, -0.2) is 18.9 Å². The molecule has 7 heteroatoms. The van der Waals surface area contributed by atoms with Crippen LogP contribution in [0.2, 0.25) is 0 Å². The molecular weight excluding hydrogens is 231 g/mol. The maximum absolute atomic E-state index is 10.7. The van der Waals surface area contributed by atoms with E-state index in [4.69, 9.17) is 0 Å². The van der Waals surface area contributed by atoms with E-state index in [9.17, 15) is 17.8 Å². The Hall–Kier alpha value is 0.380. The Bertz CT molecular complexity index is 262. The number of unbranched alkanes of at least 4 members (excludes halogenated alkanes) is 4. The molecule has 0 heterocycles. The second kappa shape index (κ2) is 9.59. The third-order valence-electron chi connectivity index (χ3n) is 1.68. The Morgan fingerprint density at radius 1 is 1.20 bits per heavy atom. The first-order chi connectivity index (χ1) is 6.45. The molecule has 0 aliphatic carbocycles. The topological polar surface area (TPSA) is 83.5 Å². The van der Waals surface area contributed by atoms with Gasteiger partial charge in [0, 0.05) is 6.42 Å². The monoisotopic (exact) mass is 246 g/mol. The molecule has 0 rings (SSSR count). The van der Waals surface area contributed by atoms with Crippen molar-refractivity contribution >= 4 is 16.4 Å². The van der Waals surface area contributed by atoms with Gasteiger partial charge in [-0.15, -0.1) is 0 Å². The summed E-state index contributed by atoms with van der Waals surface area (Å²) in [7, 11) is -4.87. The maximum Gasteiger partial charge on any atom is 1.00 e. The molecule has 0 spiro atoms. The Morgan fingerprint density at radius 3 is 2.20 bits per heavy atom. The van der Waals surface area contributed by atoms with Gasteiger partial charge in [0.2, 0.25) is 0 Å². The van der Waals surface area contributed by atoms with Crippen molar-refractivity contribution in [3.8, 4) is 0 Å². The van der Waals surface area contributed by atoms with E-state index < -0.39 is 16.4 Å². The van der Waals surface area contributed by atoms with Crippen LogP contribution in [0.4, 0.5) is 0 Å². The minimum Gasteiger partial charge on any atom is -0.716 e. The third-order valence-corrected chi connectivity index (χ3v) is 2.07. The summed E-state index contributed by atoms with van der Waals surface area (Å²) < 4.78 is 33.6. The van der Waals surface area contributed by atoms with Gasteiger partial charge in [-0.3, -0.25) is 4.79 Å². The average molecular weight is 246 g/mol. The number of carbonyl (C=O) groups is 1. The quantitative estimate of drug-likeness (QED) is 0.233. The van der Waals surface area contributed by atoms with E-state index in [1.54, 1.807) is 0 Å². The van der Waals surface area contributed by atoms with Crippen molar-refractivity contribution in [2.45, 2.75) is 45.4 Å². The van der Waals surface area contributed by atoms with Gasteiger partial charge < -0.3 is 8.74 Å². The third kappa shape index (κ3) is 14.4. The van der Waals surface area contributed by atoms with Crippen molar-refractivity contribution in [2.24, 2.45) is 0 Å². The summed E-state index contributed by atoms with van der Waals surface area (Å²) in [5.41, 5.74) is 0.